The molecule has 3 aliphatic rings. The van der Waals surface area contributed by atoms with Crippen molar-refractivity contribution in [3.05, 3.63) is 48.0 Å². The zero-order valence-electron chi connectivity index (χ0n) is 24.1. The van der Waals surface area contributed by atoms with Gasteiger partial charge in [0.1, 0.15) is 5.82 Å². The average Bonchev–Trinajstić information content (AvgIpc) is 3.00. The number of rotatable bonds is 5. The molecule has 0 spiro atoms. The Morgan fingerprint density at radius 3 is 2.00 bits per heavy atom. The van der Waals surface area contributed by atoms with E-state index in [4.69, 9.17) is 0 Å². The SMILES string of the molecule is CC(=O)Nc1cc(C(=O)N2CCN(C3CCN(C(=O)C4CCN(C(C)=O)CC4)CC3)CC2)cc(-c2ccccc2)n1. The summed E-state index contributed by atoms with van der Waals surface area (Å²) >= 11 is 0. The smallest absolute Gasteiger partial charge is 0.254 e. The fourth-order valence-corrected chi connectivity index (χ4v) is 6.28. The number of hydrogen-bond donors (Lipinski definition) is 1. The maximum Gasteiger partial charge on any atom is 0.254 e. The lowest BCUT2D eigenvalue weighted by atomic mass is 9.93. The molecule has 3 saturated heterocycles. The maximum absolute atomic E-state index is 13.5. The fourth-order valence-electron chi connectivity index (χ4n) is 6.28. The number of hydrogen-bond acceptors (Lipinski definition) is 6. The molecule has 0 bridgehead atoms. The lowest BCUT2D eigenvalue weighted by Gasteiger charge is -2.43. The normalized spacial score (nSPS) is 19.2. The van der Waals surface area contributed by atoms with E-state index in [0.717, 1.165) is 57.4 Å². The van der Waals surface area contributed by atoms with Gasteiger partial charge in [-0.1, -0.05) is 30.3 Å². The number of likely N-dealkylation sites (tertiary alicyclic amines) is 2. The van der Waals surface area contributed by atoms with Gasteiger partial charge in [-0.2, -0.15) is 0 Å². The Morgan fingerprint density at radius 2 is 1.39 bits per heavy atom. The summed E-state index contributed by atoms with van der Waals surface area (Å²) < 4.78 is 0. The minimum atomic E-state index is -0.235. The van der Waals surface area contributed by atoms with Crippen LogP contribution in [0.15, 0.2) is 42.5 Å². The van der Waals surface area contributed by atoms with E-state index in [1.165, 1.54) is 6.92 Å². The van der Waals surface area contributed by atoms with Crippen molar-refractivity contribution in [1.29, 1.82) is 0 Å². The first-order valence-electron chi connectivity index (χ1n) is 14.7. The Morgan fingerprint density at radius 1 is 0.756 bits per heavy atom. The highest BCUT2D eigenvalue weighted by Gasteiger charge is 2.34. The lowest BCUT2D eigenvalue weighted by molar-refractivity contribution is -0.141. The van der Waals surface area contributed by atoms with E-state index in [0.29, 0.717) is 49.3 Å². The van der Waals surface area contributed by atoms with Crippen molar-refractivity contribution in [1.82, 2.24) is 24.6 Å². The van der Waals surface area contributed by atoms with Crippen LogP contribution in [0.2, 0.25) is 0 Å². The molecule has 3 aliphatic heterocycles. The number of piperazine rings is 1. The average molecular weight is 561 g/mol. The minimum absolute atomic E-state index is 0.0264. The molecule has 0 saturated carbocycles. The zero-order chi connectivity index (χ0) is 28.9. The van der Waals surface area contributed by atoms with Gasteiger partial charge in [0.25, 0.3) is 5.91 Å². The number of pyridine rings is 1. The molecule has 4 heterocycles. The monoisotopic (exact) mass is 560 g/mol. The van der Waals surface area contributed by atoms with Gasteiger partial charge in [0.2, 0.25) is 17.7 Å². The third-order valence-corrected chi connectivity index (χ3v) is 8.63. The first-order chi connectivity index (χ1) is 19.8. The minimum Gasteiger partial charge on any atom is -0.343 e. The summed E-state index contributed by atoms with van der Waals surface area (Å²) in [6.45, 7) is 8.74. The summed E-state index contributed by atoms with van der Waals surface area (Å²) in [5.74, 6) is 0.428. The van der Waals surface area contributed by atoms with Crippen molar-refractivity contribution in [2.45, 2.75) is 45.6 Å². The maximum atomic E-state index is 13.5. The van der Waals surface area contributed by atoms with Crippen LogP contribution < -0.4 is 5.32 Å². The number of anilines is 1. The van der Waals surface area contributed by atoms with Crippen molar-refractivity contribution in [2.24, 2.45) is 5.92 Å². The molecule has 4 amide bonds. The molecule has 3 fully saturated rings. The van der Waals surface area contributed by atoms with E-state index >= 15 is 0 Å². The molecule has 5 rings (SSSR count). The van der Waals surface area contributed by atoms with Gasteiger partial charge < -0.3 is 20.0 Å². The predicted molar refractivity (Wildman–Crippen MR) is 156 cm³/mol. The first kappa shape index (κ1) is 28.7. The van der Waals surface area contributed by atoms with Crippen molar-refractivity contribution >= 4 is 29.4 Å². The summed E-state index contributed by atoms with van der Waals surface area (Å²) in [7, 11) is 0. The molecule has 0 radical (unpaired) electrons. The molecular weight excluding hydrogens is 520 g/mol. The zero-order valence-corrected chi connectivity index (χ0v) is 24.1. The second kappa shape index (κ2) is 12.8. The third-order valence-electron chi connectivity index (χ3n) is 8.63. The van der Waals surface area contributed by atoms with Crippen LogP contribution in [0.1, 0.15) is 49.9 Å². The molecular formula is C31H40N6O4. The van der Waals surface area contributed by atoms with E-state index < -0.39 is 0 Å². The van der Waals surface area contributed by atoms with Crippen LogP contribution in [-0.2, 0) is 14.4 Å². The lowest BCUT2D eigenvalue weighted by Crippen LogP contribution is -2.55. The van der Waals surface area contributed by atoms with E-state index in [1.54, 1.807) is 19.1 Å². The Kier molecular flexibility index (Phi) is 8.97. The fraction of sp³-hybridized carbons (Fsp3) is 0.516. The number of nitrogens with zero attached hydrogens (tertiary/aromatic N) is 5. The second-order valence-corrected chi connectivity index (χ2v) is 11.3. The highest BCUT2D eigenvalue weighted by atomic mass is 16.2. The number of piperidine rings is 2. The molecule has 1 aromatic heterocycles. The van der Waals surface area contributed by atoms with Gasteiger partial charge in [-0.25, -0.2) is 4.98 Å². The summed E-state index contributed by atoms with van der Waals surface area (Å²) in [5.41, 5.74) is 2.03. The molecule has 0 aliphatic carbocycles. The van der Waals surface area contributed by atoms with Crippen molar-refractivity contribution in [2.75, 3.05) is 57.7 Å². The highest BCUT2D eigenvalue weighted by Crippen LogP contribution is 2.26. The van der Waals surface area contributed by atoms with Crippen LogP contribution in [0.4, 0.5) is 5.82 Å². The van der Waals surface area contributed by atoms with Crippen molar-refractivity contribution in [3.8, 4) is 11.3 Å². The van der Waals surface area contributed by atoms with E-state index in [1.807, 2.05) is 45.0 Å². The Hall–Kier alpha value is -3.79. The molecule has 10 nitrogen and oxygen atoms in total. The summed E-state index contributed by atoms with van der Waals surface area (Å²) in [4.78, 5) is 62.7. The molecule has 41 heavy (non-hydrogen) atoms. The van der Waals surface area contributed by atoms with Crippen molar-refractivity contribution < 1.29 is 19.2 Å². The molecule has 218 valence electrons. The van der Waals surface area contributed by atoms with Gasteiger partial charge in [0.05, 0.1) is 5.69 Å². The van der Waals surface area contributed by atoms with Crippen LogP contribution >= 0.6 is 0 Å². The van der Waals surface area contributed by atoms with Gasteiger partial charge in [-0.15, -0.1) is 0 Å². The number of carbonyl (C=O) groups is 4. The largest absolute Gasteiger partial charge is 0.343 e. The molecule has 1 aromatic carbocycles. The standard InChI is InChI=1S/C31H40N6O4/c1-22(38)32-29-21-26(20-28(33-29)24-6-4-3-5-7-24)31(41)37-18-16-35(17-19-37)27-10-14-36(15-11-27)30(40)25-8-12-34(13-9-25)23(2)39/h3-7,20-21,25,27H,8-19H2,1-2H3,(H,32,33,38). The Bertz CT molecular complexity index is 1260. The van der Waals surface area contributed by atoms with Crippen LogP contribution in [0.3, 0.4) is 0 Å². The number of nitrogens with one attached hydrogen (secondary N) is 1. The number of amides is 4. The number of carbonyl (C=O) groups excluding carboxylic acids is 4. The summed E-state index contributed by atoms with van der Waals surface area (Å²) in [6.07, 6.45) is 3.39. The molecule has 0 unspecified atom stereocenters. The van der Waals surface area contributed by atoms with Gasteiger partial charge in [-0.3, -0.25) is 24.1 Å². The van der Waals surface area contributed by atoms with Crippen LogP contribution in [0.5, 0.6) is 0 Å². The molecule has 0 atom stereocenters. The molecule has 2 aromatic rings. The Balaban J connectivity index is 1.14. The van der Waals surface area contributed by atoms with Crippen LogP contribution in [-0.4, -0.2) is 107 Å². The summed E-state index contributed by atoms with van der Waals surface area (Å²) in [6, 6.07) is 13.5. The topological polar surface area (TPSA) is 106 Å². The van der Waals surface area contributed by atoms with E-state index in [-0.39, 0.29) is 29.5 Å². The molecule has 1 N–H and O–H groups in total. The Labute approximate surface area is 241 Å². The molecule has 10 heteroatoms. The third kappa shape index (κ3) is 6.93. The van der Waals surface area contributed by atoms with Crippen LogP contribution in [0.25, 0.3) is 11.3 Å². The van der Waals surface area contributed by atoms with Gasteiger partial charge in [0, 0.05) is 89.3 Å². The van der Waals surface area contributed by atoms with Crippen molar-refractivity contribution in [3.63, 3.8) is 0 Å². The quantitative estimate of drug-likeness (QED) is 0.603. The number of aromatic nitrogens is 1. The van der Waals surface area contributed by atoms with Crippen LogP contribution in [0, 0.1) is 5.92 Å². The summed E-state index contributed by atoms with van der Waals surface area (Å²) in [5, 5.41) is 2.73. The highest BCUT2D eigenvalue weighted by molar-refractivity contribution is 5.97. The number of benzene rings is 1. The second-order valence-electron chi connectivity index (χ2n) is 11.3. The van der Waals surface area contributed by atoms with E-state index in [2.05, 4.69) is 15.2 Å². The van der Waals surface area contributed by atoms with Gasteiger partial charge in [-0.05, 0) is 37.8 Å². The van der Waals surface area contributed by atoms with Gasteiger partial charge in [0.15, 0.2) is 0 Å². The first-order valence-corrected chi connectivity index (χ1v) is 14.7. The predicted octanol–water partition coefficient (Wildman–Crippen LogP) is 2.71. The van der Waals surface area contributed by atoms with E-state index in [9.17, 15) is 19.2 Å². The van der Waals surface area contributed by atoms with Gasteiger partial charge >= 0.3 is 0 Å².